The molecule has 0 heterocycles. The highest BCUT2D eigenvalue weighted by molar-refractivity contribution is 7.86. The average Bonchev–Trinajstić information content (AvgIpc) is 3.23. The molecular weight excluding hydrogens is 262 g/mol. The second-order valence-corrected chi connectivity index (χ2v) is 8.03. The van der Waals surface area contributed by atoms with E-state index in [-0.39, 0.29) is 0 Å². The van der Waals surface area contributed by atoms with Gasteiger partial charge in [-0.2, -0.15) is 17.0 Å². The molecular formula is C13H27N3O2S. The molecule has 0 radical (unpaired) electrons. The smallest absolute Gasteiger partial charge is 0.281 e. The number of rotatable bonds is 10. The SMILES string of the molecule is CNCCCN(C)S(=O)(=O)N(CC1CC1)CC1CC1. The Kier molecular flexibility index (Phi) is 5.22. The van der Waals surface area contributed by atoms with Crippen molar-refractivity contribution >= 4 is 10.2 Å². The molecule has 0 aromatic carbocycles. The van der Waals surface area contributed by atoms with Crippen molar-refractivity contribution in [2.24, 2.45) is 11.8 Å². The van der Waals surface area contributed by atoms with Crippen LogP contribution < -0.4 is 5.32 Å². The van der Waals surface area contributed by atoms with E-state index < -0.39 is 10.2 Å². The zero-order valence-electron chi connectivity index (χ0n) is 12.1. The van der Waals surface area contributed by atoms with Gasteiger partial charge in [-0.05, 0) is 57.5 Å². The van der Waals surface area contributed by atoms with Crippen LogP contribution in [-0.4, -0.2) is 57.3 Å². The Labute approximate surface area is 117 Å². The zero-order chi connectivity index (χ0) is 13.9. The predicted octanol–water partition coefficient (Wildman–Crippen LogP) is 0.895. The van der Waals surface area contributed by atoms with E-state index in [9.17, 15) is 8.42 Å². The van der Waals surface area contributed by atoms with Gasteiger partial charge >= 0.3 is 0 Å². The molecule has 2 aliphatic carbocycles. The van der Waals surface area contributed by atoms with Crippen molar-refractivity contribution in [2.75, 3.05) is 40.3 Å². The molecule has 0 atom stereocenters. The second kappa shape index (κ2) is 6.52. The van der Waals surface area contributed by atoms with Crippen LogP contribution in [0.1, 0.15) is 32.1 Å². The van der Waals surface area contributed by atoms with E-state index in [0.717, 1.165) is 26.1 Å². The van der Waals surface area contributed by atoms with Gasteiger partial charge in [0.1, 0.15) is 0 Å². The Morgan fingerprint density at radius 3 is 2.05 bits per heavy atom. The van der Waals surface area contributed by atoms with Gasteiger partial charge in [0.25, 0.3) is 10.2 Å². The summed E-state index contributed by atoms with van der Waals surface area (Å²) in [4.78, 5) is 0. The maximum Gasteiger partial charge on any atom is 0.281 e. The van der Waals surface area contributed by atoms with Gasteiger partial charge in [0.05, 0.1) is 0 Å². The van der Waals surface area contributed by atoms with E-state index in [4.69, 9.17) is 0 Å². The number of nitrogens with one attached hydrogen (secondary N) is 1. The van der Waals surface area contributed by atoms with E-state index in [0.29, 0.717) is 18.4 Å². The third-order valence-corrected chi connectivity index (χ3v) is 5.86. The van der Waals surface area contributed by atoms with Crippen LogP contribution in [0.15, 0.2) is 0 Å². The fourth-order valence-corrected chi connectivity index (χ4v) is 3.78. The Bertz CT molecular complexity index is 363. The zero-order valence-corrected chi connectivity index (χ0v) is 13.0. The van der Waals surface area contributed by atoms with Gasteiger partial charge in [-0.1, -0.05) is 0 Å². The van der Waals surface area contributed by atoms with E-state index >= 15 is 0 Å². The first-order chi connectivity index (χ1) is 9.04. The maximum absolute atomic E-state index is 12.6. The molecule has 1 N–H and O–H groups in total. The van der Waals surface area contributed by atoms with E-state index in [2.05, 4.69) is 5.32 Å². The molecule has 0 unspecified atom stereocenters. The third kappa shape index (κ3) is 4.70. The molecule has 2 saturated carbocycles. The molecule has 0 aromatic heterocycles. The molecule has 0 saturated heterocycles. The van der Waals surface area contributed by atoms with Crippen LogP contribution in [0.25, 0.3) is 0 Å². The Hall–Kier alpha value is -0.170. The molecule has 0 aliphatic heterocycles. The minimum absolute atomic E-state index is 0.592. The predicted molar refractivity (Wildman–Crippen MR) is 77.1 cm³/mol. The van der Waals surface area contributed by atoms with Crippen LogP contribution in [0.3, 0.4) is 0 Å². The first kappa shape index (κ1) is 15.2. The number of hydrogen-bond acceptors (Lipinski definition) is 3. The molecule has 112 valence electrons. The van der Waals surface area contributed by atoms with Crippen molar-refractivity contribution in [3.63, 3.8) is 0 Å². The van der Waals surface area contributed by atoms with Crippen LogP contribution in [0, 0.1) is 11.8 Å². The summed E-state index contributed by atoms with van der Waals surface area (Å²) in [5.41, 5.74) is 0. The summed E-state index contributed by atoms with van der Waals surface area (Å²) in [6.45, 7) is 2.91. The van der Waals surface area contributed by atoms with Gasteiger partial charge in [0.15, 0.2) is 0 Å². The molecule has 2 rings (SSSR count). The van der Waals surface area contributed by atoms with Crippen molar-refractivity contribution in [2.45, 2.75) is 32.1 Å². The molecule has 0 bridgehead atoms. The van der Waals surface area contributed by atoms with Gasteiger partial charge in [-0.3, -0.25) is 0 Å². The lowest BCUT2D eigenvalue weighted by molar-refractivity contribution is 0.338. The molecule has 2 fully saturated rings. The highest BCUT2D eigenvalue weighted by Crippen LogP contribution is 2.35. The fourth-order valence-electron chi connectivity index (χ4n) is 2.23. The largest absolute Gasteiger partial charge is 0.320 e. The summed E-state index contributed by atoms with van der Waals surface area (Å²) in [5, 5.41) is 3.05. The molecule has 0 aromatic rings. The standard InChI is InChI=1S/C13H27N3O2S/c1-14-8-3-9-15(2)19(17,18)16(10-12-4-5-12)11-13-6-7-13/h12-14H,3-11H2,1-2H3. The van der Waals surface area contributed by atoms with Crippen LogP contribution in [0.2, 0.25) is 0 Å². The Morgan fingerprint density at radius 2 is 1.63 bits per heavy atom. The Morgan fingerprint density at radius 1 is 1.11 bits per heavy atom. The van der Waals surface area contributed by atoms with Crippen LogP contribution in [0.4, 0.5) is 0 Å². The fraction of sp³-hybridized carbons (Fsp3) is 1.00. The maximum atomic E-state index is 12.6. The molecule has 0 spiro atoms. The quantitative estimate of drug-likeness (QED) is 0.608. The van der Waals surface area contributed by atoms with E-state index in [1.54, 1.807) is 11.4 Å². The summed E-state index contributed by atoms with van der Waals surface area (Å²) >= 11 is 0. The summed E-state index contributed by atoms with van der Waals surface area (Å²) in [6.07, 6.45) is 5.63. The van der Waals surface area contributed by atoms with Crippen LogP contribution in [0.5, 0.6) is 0 Å². The summed E-state index contributed by atoms with van der Waals surface area (Å²) in [5.74, 6) is 1.22. The van der Waals surface area contributed by atoms with Crippen molar-refractivity contribution in [3.8, 4) is 0 Å². The summed E-state index contributed by atoms with van der Waals surface area (Å²) in [7, 11) is 0.343. The minimum Gasteiger partial charge on any atom is -0.320 e. The van der Waals surface area contributed by atoms with Crippen molar-refractivity contribution in [3.05, 3.63) is 0 Å². The molecule has 5 nitrogen and oxygen atoms in total. The second-order valence-electron chi connectivity index (χ2n) is 5.99. The Balaban J connectivity index is 1.91. The van der Waals surface area contributed by atoms with Crippen LogP contribution >= 0.6 is 0 Å². The van der Waals surface area contributed by atoms with Gasteiger partial charge < -0.3 is 5.32 Å². The lowest BCUT2D eigenvalue weighted by Crippen LogP contribution is -2.44. The normalized spacial score (nSPS) is 20.4. The van der Waals surface area contributed by atoms with E-state index in [1.807, 2.05) is 7.05 Å². The summed E-state index contributed by atoms with van der Waals surface area (Å²) in [6, 6.07) is 0. The average molecular weight is 289 g/mol. The summed E-state index contributed by atoms with van der Waals surface area (Å²) < 4.78 is 28.4. The minimum atomic E-state index is -3.25. The van der Waals surface area contributed by atoms with E-state index in [1.165, 1.54) is 30.0 Å². The van der Waals surface area contributed by atoms with Gasteiger partial charge in [0.2, 0.25) is 0 Å². The molecule has 0 amide bonds. The van der Waals surface area contributed by atoms with Gasteiger partial charge in [-0.25, -0.2) is 0 Å². The molecule has 2 aliphatic rings. The van der Waals surface area contributed by atoms with Crippen molar-refractivity contribution in [1.82, 2.24) is 13.9 Å². The molecule has 6 heteroatoms. The van der Waals surface area contributed by atoms with Gasteiger partial charge in [0, 0.05) is 26.7 Å². The lowest BCUT2D eigenvalue weighted by Gasteiger charge is -2.27. The highest BCUT2D eigenvalue weighted by atomic mass is 32.2. The topological polar surface area (TPSA) is 52.7 Å². The monoisotopic (exact) mass is 289 g/mol. The van der Waals surface area contributed by atoms with Crippen LogP contribution in [-0.2, 0) is 10.2 Å². The highest BCUT2D eigenvalue weighted by Gasteiger charge is 2.36. The molecule has 19 heavy (non-hydrogen) atoms. The number of hydrogen-bond donors (Lipinski definition) is 1. The third-order valence-electron chi connectivity index (χ3n) is 3.94. The lowest BCUT2D eigenvalue weighted by atomic mass is 10.4. The van der Waals surface area contributed by atoms with Crippen molar-refractivity contribution in [1.29, 1.82) is 0 Å². The first-order valence-corrected chi connectivity index (χ1v) is 8.79. The first-order valence-electron chi connectivity index (χ1n) is 7.40. The van der Waals surface area contributed by atoms with Crippen molar-refractivity contribution < 1.29 is 8.42 Å². The van der Waals surface area contributed by atoms with Gasteiger partial charge in [-0.15, -0.1) is 0 Å². The number of nitrogens with zero attached hydrogens (tertiary/aromatic N) is 2.